The monoisotopic (exact) mass is 438 g/mol. The predicted octanol–water partition coefficient (Wildman–Crippen LogP) is 2.31. The van der Waals surface area contributed by atoms with Gasteiger partial charge in [-0.05, 0) is 42.8 Å². The van der Waals surface area contributed by atoms with E-state index in [1.54, 1.807) is 37.3 Å². The van der Waals surface area contributed by atoms with E-state index in [-0.39, 0.29) is 17.3 Å². The van der Waals surface area contributed by atoms with Crippen LogP contribution in [-0.4, -0.2) is 52.2 Å². The van der Waals surface area contributed by atoms with E-state index in [0.717, 1.165) is 4.31 Å². The second-order valence-electron chi connectivity index (χ2n) is 6.44. The number of aryl methyl sites for hydroxylation is 1. The fraction of sp³-hybridized carbons (Fsp3) is 0.263. The van der Waals surface area contributed by atoms with Gasteiger partial charge in [-0.3, -0.25) is 9.59 Å². The molecule has 0 saturated carbocycles. The SMILES string of the molecule is CNC(=O)c1ccc(Cl)c(NCC(=O)Nc2ccc(C)c(S(=O)(=O)N(C)C)c2)c1. The van der Waals surface area contributed by atoms with Crippen LogP contribution in [0.2, 0.25) is 5.02 Å². The number of sulfonamides is 1. The molecular formula is C19H23ClN4O4S. The Balaban J connectivity index is 2.12. The van der Waals surface area contributed by atoms with Crippen LogP contribution in [0.25, 0.3) is 0 Å². The van der Waals surface area contributed by atoms with Gasteiger partial charge in [0, 0.05) is 32.4 Å². The number of hydrogen-bond donors (Lipinski definition) is 3. The molecule has 0 aliphatic rings. The molecule has 2 aromatic rings. The molecule has 0 aliphatic carbocycles. The van der Waals surface area contributed by atoms with Crippen LogP contribution in [0.4, 0.5) is 11.4 Å². The maximum Gasteiger partial charge on any atom is 0.251 e. The minimum atomic E-state index is -3.63. The van der Waals surface area contributed by atoms with Gasteiger partial charge in [-0.2, -0.15) is 0 Å². The highest BCUT2D eigenvalue weighted by Gasteiger charge is 2.20. The third-order valence-corrected chi connectivity index (χ3v) is 6.41. The minimum Gasteiger partial charge on any atom is -0.375 e. The normalized spacial score (nSPS) is 11.2. The van der Waals surface area contributed by atoms with Crippen molar-refractivity contribution in [3.05, 3.63) is 52.5 Å². The lowest BCUT2D eigenvalue weighted by atomic mass is 10.2. The quantitative estimate of drug-likeness (QED) is 0.614. The number of hydrogen-bond acceptors (Lipinski definition) is 5. The lowest BCUT2D eigenvalue weighted by molar-refractivity contribution is -0.114. The van der Waals surface area contributed by atoms with E-state index in [0.29, 0.717) is 27.5 Å². The fourth-order valence-corrected chi connectivity index (χ4v) is 3.81. The lowest BCUT2D eigenvalue weighted by Crippen LogP contribution is -2.24. The number of benzene rings is 2. The van der Waals surface area contributed by atoms with Crippen LogP contribution in [0.5, 0.6) is 0 Å². The number of carbonyl (C=O) groups is 2. The number of amides is 2. The first-order valence-electron chi connectivity index (χ1n) is 8.64. The van der Waals surface area contributed by atoms with Gasteiger partial charge in [0.1, 0.15) is 0 Å². The van der Waals surface area contributed by atoms with E-state index >= 15 is 0 Å². The number of nitrogens with zero attached hydrogens (tertiary/aromatic N) is 1. The molecule has 0 aliphatic heterocycles. The van der Waals surface area contributed by atoms with Crippen LogP contribution >= 0.6 is 11.6 Å². The Morgan fingerprint density at radius 3 is 2.41 bits per heavy atom. The Bertz CT molecular complexity index is 1040. The van der Waals surface area contributed by atoms with Gasteiger partial charge in [-0.25, -0.2) is 12.7 Å². The van der Waals surface area contributed by atoms with E-state index in [1.807, 2.05) is 0 Å². The summed E-state index contributed by atoms with van der Waals surface area (Å²) in [5.41, 5.74) is 1.76. The molecule has 0 aromatic heterocycles. The number of carbonyl (C=O) groups excluding carboxylic acids is 2. The Labute approximate surface area is 175 Å². The second-order valence-corrected chi connectivity index (χ2v) is 8.97. The van der Waals surface area contributed by atoms with E-state index in [4.69, 9.17) is 11.6 Å². The first-order chi connectivity index (χ1) is 13.6. The third kappa shape index (κ3) is 5.47. The van der Waals surface area contributed by atoms with Gasteiger partial charge in [0.2, 0.25) is 15.9 Å². The van der Waals surface area contributed by atoms with Crippen molar-refractivity contribution >= 4 is 44.8 Å². The Morgan fingerprint density at radius 1 is 1.10 bits per heavy atom. The van der Waals surface area contributed by atoms with E-state index in [9.17, 15) is 18.0 Å². The van der Waals surface area contributed by atoms with Crippen LogP contribution in [0.3, 0.4) is 0 Å². The summed E-state index contributed by atoms with van der Waals surface area (Å²) in [7, 11) is 0.777. The average molecular weight is 439 g/mol. The first kappa shape index (κ1) is 22.7. The molecule has 0 unspecified atom stereocenters. The predicted molar refractivity (Wildman–Crippen MR) is 114 cm³/mol. The Morgan fingerprint density at radius 2 is 1.79 bits per heavy atom. The van der Waals surface area contributed by atoms with Crippen molar-refractivity contribution in [3.63, 3.8) is 0 Å². The van der Waals surface area contributed by atoms with Crippen LogP contribution in [-0.2, 0) is 14.8 Å². The van der Waals surface area contributed by atoms with E-state index in [2.05, 4.69) is 16.0 Å². The van der Waals surface area contributed by atoms with Crippen LogP contribution in [0.15, 0.2) is 41.3 Å². The van der Waals surface area contributed by atoms with Gasteiger partial charge in [0.05, 0.1) is 22.2 Å². The maximum absolute atomic E-state index is 12.4. The topological polar surface area (TPSA) is 108 Å². The zero-order valence-corrected chi connectivity index (χ0v) is 18.1. The summed E-state index contributed by atoms with van der Waals surface area (Å²) in [6.07, 6.45) is 0. The summed E-state index contributed by atoms with van der Waals surface area (Å²) in [6, 6.07) is 9.35. The molecule has 0 heterocycles. The highest BCUT2D eigenvalue weighted by Crippen LogP contribution is 2.24. The Kier molecular flexibility index (Phi) is 7.23. The molecule has 0 saturated heterocycles. The standard InChI is InChI=1S/C19H23ClN4O4S/c1-12-5-7-14(10-17(12)29(27,28)24(3)4)23-18(25)11-22-16-9-13(19(26)21-2)6-8-15(16)20/h5-10,22H,11H2,1-4H3,(H,21,26)(H,23,25). The zero-order valence-electron chi connectivity index (χ0n) is 16.5. The zero-order chi connectivity index (χ0) is 21.8. The third-order valence-electron chi connectivity index (χ3n) is 4.13. The molecule has 0 bridgehead atoms. The van der Waals surface area contributed by atoms with Crippen molar-refractivity contribution in [3.8, 4) is 0 Å². The Hall–Kier alpha value is -2.62. The highest BCUT2D eigenvalue weighted by atomic mass is 35.5. The summed E-state index contributed by atoms with van der Waals surface area (Å²) >= 11 is 6.11. The number of nitrogens with one attached hydrogen (secondary N) is 3. The van der Waals surface area contributed by atoms with Gasteiger partial charge in [0.25, 0.3) is 5.91 Å². The number of halogens is 1. The molecule has 0 fully saturated rings. The van der Waals surface area contributed by atoms with Gasteiger partial charge < -0.3 is 16.0 Å². The van der Waals surface area contributed by atoms with Crippen molar-refractivity contribution in [1.82, 2.24) is 9.62 Å². The van der Waals surface area contributed by atoms with Crippen molar-refractivity contribution in [1.29, 1.82) is 0 Å². The van der Waals surface area contributed by atoms with Gasteiger partial charge in [-0.15, -0.1) is 0 Å². The van der Waals surface area contributed by atoms with Crippen molar-refractivity contribution in [2.24, 2.45) is 0 Å². The molecule has 2 rings (SSSR count). The molecule has 0 spiro atoms. The highest BCUT2D eigenvalue weighted by molar-refractivity contribution is 7.89. The molecular weight excluding hydrogens is 416 g/mol. The molecule has 0 radical (unpaired) electrons. The minimum absolute atomic E-state index is 0.120. The van der Waals surface area contributed by atoms with Gasteiger partial charge in [-0.1, -0.05) is 17.7 Å². The fourth-order valence-electron chi connectivity index (χ4n) is 2.48. The summed E-state index contributed by atoms with van der Waals surface area (Å²) in [5.74, 6) is -0.674. The molecule has 2 aromatic carbocycles. The molecule has 0 atom stereocenters. The van der Waals surface area contributed by atoms with Crippen molar-refractivity contribution in [2.45, 2.75) is 11.8 Å². The molecule has 2 amide bonds. The largest absolute Gasteiger partial charge is 0.375 e. The summed E-state index contributed by atoms with van der Waals surface area (Å²) in [4.78, 5) is 24.1. The molecule has 29 heavy (non-hydrogen) atoms. The van der Waals surface area contributed by atoms with Gasteiger partial charge in [0.15, 0.2) is 0 Å². The molecule has 3 N–H and O–H groups in total. The van der Waals surface area contributed by atoms with Crippen LogP contribution in [0, 0.1) is 6.92 Å². The number of rotatable bonds is 7. The second kappa shape index (κ2) is 9.25. The lowest BCUT2D eigenvalue weighted by Gasteiger charge is -2.15. The van der Waals surface area contributed by atoms with Gasteiger partial charge >= 0.3 is 0 Å². The average Bonchev–Trinajstić information content (AvgIpc) is 2.67. The first-order valence-corrected chi connectivity index (χ1v) is 10.5. The molecule has 8 nitrogen and oxygen atoms in total. The number of anilines is 2. The summed E-state index contributed by atoms with van der Waals surface area (Å²) < 4.78 is 25.9. The van der Waals surface area contributed by atoms with E-state index < -0.39 is 15.9 Å². The summed E-state index contributed by atoms with van der Waals surface area (Å²) in [6.45, 7) is 1.56. The van der Waals surface area contributed by atoms with Crippen LogP contribution in [0.1, 0.15) is 15.9 Å². The van der Waals surface area contributed by atoms with E-state index in [1.165, 1.54) is 27.2 Å². The van der Waals surface area contributed by atoms with Crippen molar-refractivity contribution < 1.29 is 18.0 Å². The maximum atomic E-state index is 12.4. The summed E-state index contributed by atoms with van der Waals surface area (Å²) in [5, 5.41) is 8.40. The van der Waals surface area contributed by atoms with Crippen molar-refractivity contribution in [2.75, 3.05) is 38.3 Å². The molecule has 10 heteroatoms. The molecule has 156 valence electrons. The smallest absolute Gasteiger partial charge is 0.251 e. The van der Waals surface area contributed by atoms with Crippen LogP contribution < -0.4 is 16.0 Å².